The minimum absolute atomic E-state index is 0.00110. The number of amides is 2. The standard InChI is InChI=1S/C17H21FN4O3S/c1-11(2)20-15(24)8-22-14(9-23)7-19-17(22)26-10-16(25)21-13-5-3-12(18)4-6-13/h3-7,11,23H,8-10H2,1-2H3,(H,20,24)(H,21,25). The molecule has 0 atom stereocenters. The number of halogens is 1. The normalized spacial score (nSPS) is 10.8. The monoisotopic (exact) mass is 380 g/mol. The molecule has 0 aliphatic heterocycles. The zero-order chi connectivity index (χ0) is 19.1. The summed E-state index contributed by atoms with van der Waals surface area (Å²) in [5, 5.41) is 15.3. The van der Waals surface area contributed by atoms with E-state index in [9.17, 15) is 19.1 Å². The first-order chi connectivity index (χ1) is 12.4. The van der Waals surface area contributed by atoms with Crippen LogP contribution in [-0.4, -0.2) is 38.3 Å². The van der Waals surface area contributed by atoms with Gasteiger partial charge in [0.1, 0.15) is 12.4 Å². The molecule has 0 bridgehead atoms. The highest BCUT2D eigenvalue weighted by atomic mass is 32.2. The summed E-state index contributed by atoms with van der Waals surface area (Å²) in [6, 6.07) is 5.46. The van der Waals surface area contributed by atoms with Crippen molar-refractivity contribution in [1.82, 2.24) is 14.9 Å². The van der Waals surface area contributed by atoms with E-state index in [0.717, 1.165) is 11.8 Å². The molecule has 0 saturated heterocycles. The maximum atomic E-state index is 12.9. The molecule has 0 aliphatic rings. The van der Waals surface area contributed by atoms with Gasteiger partial charge in [-0.15, -0.1) is 0 Å². The van der Waals surface area contributed by atoms with Crippen molar-refractivity contribution in [2.45, 2.75) is 38.2 Å². The van der Waals surface area contributed by atoms with Crippen LogP contribution in [-0.2, 0) is 22.7 Å². The molecular formula is C17H21FN4O3S. The molecule has 140 valence electrons. The quantitative estimate of drug-likeness (QED) is 0.607. The van der Waals surface area contributed by atoms with Gasteiger partial charge < -0.3 is 20.3 Å². The topological polar surface area (TPSA) is 96.2 Å². The Morgan fingerprint density at radius 1 is 1.27 bits per heavy atom. The van der Waals surface area contributed by atoms with Gasteiger partial charge in [0.05, 0.1) is 24.3 Å². The number of thioether (sulfide) groups is 1. The van der Waals surface area contributed by atoms with Gasteiger partial charge in [-0.1, -0.05) is 11.8 Å². The number of carbonyl (C=O) groups excluding carboxylic acids is 2. The van der Waals surface area contributed by atoms with Crippen molar-refractivity contribution in [2.24, 2.45) is 0 Å². The van der Waals surface area contributed by atoms with E-state index >= 15 is 0 Å². The number of benzene rings is 1. The van der Waals surface area contributed by atoms with Crippen molar-refractivity contribution in [3.05, 3.63) is 42.0 Å². The molecule has 0 aliphatic carbocycles. The molecule has 1 aromatic carbocycles. The Balaban J connectivity index is 1.98. The number of anilines is 1. The van der Waals surface area contributed by atoms with Gasteiger partial charge >= 0.3 is 0 Å². The van der Waals surface area contributed by atoms with Crippen molar-refractivity contribution < 1.29 is 19.1 Å². The summed E-state index contributed by atoms with van der Waals surface area (Å²) in [6.07, 6.45) is 1.48. The Morgan fingerprint density at radius 3 is 2.58 bits per heavy atom. The highest BCUT2D eigenvalue weighted by Gasteiger charge is 2.15. The lowest BCUT2D eigenvalue weighted by Gasteiger charge is -2.12. The van der Waals surface area contributed by atoms with E-state index in [-0.39, 0.29) is 42.6 Å². The third kappa shape index (κ3) is 5.85. The van der Waals surface area contributed by atoms with E-state index in [2.05, 4.69) is 15.6 Å². The van der Waals surface area contributed by atoms with Crippen LogP contribution in [0.2, 0.25) is 0 Å². The maximum absolute atomic E-state index is 12.9. The lowest BCUT2D eigenvalue weighted by atomic mass is 10.3. The molecule has 3 N–H and O–H groups in total. The van der Waals surface area contributed by atoms with Gasteiger partial charge in [-0.25, -0.2) is 9.37 Å². The van der Waals surface area contributed by atoms with Crippen LogP contribution in [0.1, 0.15) is 19.5 Å². The molecule has 2 rings (SSSR count). The van der Waals surface area contributed by atoms with E-state index < -0.39 is 0 Å². The number of nitrogens with zero attached hydrogens (tertiary/aromatic N) is 2. The largest absolute Gasteiger partial charge is 0.390 e. The molecule has 0 unspecified atom stereocenters. The Kier molecular flexibility index (Phi) is 7.16. The fourth-order valence-electron chi connectivity index (χ4n) is 2.17. The van der Waals surface area contributed by atoms with Gasteiger partial charge in [0.2, 0.25) is 11.8 Å². The summed E-state index contributed by atoms with van der Waals surface area (Å²) in [7, 11) is 0. The molecular weight excluding hydrogens is 359 g/mol. The number of carbonyl (C=O) groups is 2. The number of rotatable bonds is 8. The van der Waals surface area contributed by atoms with Crippen LogP contribution < -0.4 is 10.6 Å². The van der Waals surface area contributed by atoms with Crippen molar-refractivity contribution in [2.75, 3.05) is 11.1 Å². The Labute approximate surface area is 155 Å². The van der Waals surface area contributed by atoms with Gasteiger partial charge in [0.25, 0.3) is 0 Å². The molecule has 1 aromatic heterocycles. The average Bonchev–Trinajstić information content (AvgIpc) is 2.96. The molecule has 9 heteroatoms. The number of imidazole rings is 1. The predicted octanol–water partition coefficient (Wildman–Crippen LogP) is 1.77. The number of nitrogens with one attached hydrogen (secondary N) is 2. The Hall–Kier alpha value is -2.39. The summed E-state index contributed by atoms with van der Waals surface area (Å²) in [5.74, 6) is -0.806. The minimum atomic E-state index is -0.379. The molecule has 1 heterocycles. The number of hydrogen-bond acceptors (Lipinski definition) is 5. The van der Waals surface area contributed by atoms with Crippen LogP contribution >= 0.6 is 11.8 Å². The predicted molar refractivity (Wildman–Crippen MR) is 97.2 cm³/mol. The van der Waals surface area contributed by atoms with Crippen LogP contribution in [0.3, 0.4) is 0 Å². The van der Waals surface area contributed by atoms with E-state index in [4.69, 9.17) is 0 Å². The van der Waals surface area contributed by atoms with Crippen molar-refractivity contribution in [3.8, 4) is 0 Å². The molecule has 0 spiro atoms. The number of aliphatic hydroxyl groups is 1. The Bertz CT molecular complexity index is 762. The number of aliphatic hydroxyl groups excluding tert-OH is 1. The molecule has 0 radical (unpaired) electrons. The second kappa shape index (κ2) is 9.35. The SMILES string of the molecule is CC(C)NC(=O)Cn1c(CO)cnc1SCC(=O)Nc1ccc(F)cc1. The minimum Gasteiger partial charge on any atom is -0.390 e. The van der Waals surface area contributed by atoms with Crippen LogP contribution in [0.4, 0.5) is 10.1 Å². The second-order valence-corrected chi connectivity index (χ2v) is 6.78. The summed E-state index contributed by atoms with van der Waals surface area (Å²) in [4.78, 5) is 28.2. The third-order valence-electron chi connectivity index (χ3n) is 3.28. The van der Waals surface area contributed by atoms with Gasteiger partial charge in [0, 0.05) is 11.7 Å². The molecule has 26 heavy (non-hydrogen) atoms. The van der Waals surface area contributed by atoms with Crippen LogP contribution in [0.25, 0.3) is 0 Å². The zero-order valence-corrected chi connectivity index (χ0v) is 15.3. The fourth-order valence-corrected chi connectivity index (χ4v) is 2.97. The highest BCUT2D eigenvalue weighted by molar-refractivity contribution is 7.99. The first-order valence-corrected chi connectivity index (χ1v) is 9.00. The van der Waals surface area contributed by atoms with Crippen molar-refractivity contribution in [1.29, 1.82) is 0 Å². The number of hydrogen-bond donors (Lipinski definition) is 3. The van der Waals surface area contributed by atoms with E-state index in [1.54, 1.807) is 4.57 Å². The summed E-state index contributed by atoms with van der Waals surface area (Å²) in [6.45, 7) is 3.46. The zero-order valence-electron chi connectivity index (χ0n) is 14.5. The summed E-state index contributed by atoms with van der Waals surface area (Å²) in [5.41, 5.74) is 0.984. The van der Waals surface area contributed by atoms with E-state index in [0.29, 0.717) is 16.5 Å². The lowest BCUT2D eigenvalue weighted by Crippen LogP contribution is -2.33. The van der Waals surface area contributed by atoms with Gasteiger partial charge in [0.15, 0.2) is 5.16 Å². The van der Waals surface area contributed by atoms with Crippen molar-refractivity contribution in [3.63, 3.8) is 0 Å². The molecule has 0 saturated carbocycles. The first-order valence-electron chi connectivity index (χ1n) is 8.02. The van der Waals surface area contributed by atoms with E-state index in [1.807, 2.05) is 13.8 Å². The maximum Gasteiger partial charge on any atom is 0.240 e. The van der Waals surface area contributed by atoms with Gasteiger partial charge in [-0.2, -0.15) is 0 Å². The fraction of sp³-hybridized carbons (Fsp3) is 0.353. The third-order valence-corrected chi connectivity index (χ3v) is 4.27. The van der Waals surface area contributed by atoms with Crippen LogP contribution in [0.5, 0.6) is 0 Å². The van der Waals surface area contributed by atoms with Gasteiger partial charge in [-0.3, -0.25) is 9.59 Å². The first kappa shape index (κ1) is 19.9. The lowest BCUT2D eigenvalue weighted by molar-refractivity contribution is -0.122. The summed E-state index contributed by atoms with van der Waals surface area (Å²) >= 11 is 1.15. The molecule has 2 aromatic rings. The van der Waals surface area contributed by atoms with Crippen molar-refractivity contribution >= 4 is 29.3 Å². The smallest absolute Gasteiger partial charge is 0.240 e. The van der Waals surface area contributed by atoms with Crippen LogP contribution in [0.15, 0.2) is 35.6 Å². The van der Waals surface area contributed by atoms with Gasteiger partial charge in [-0.05, 0) is 38.1 Å². The molecule has 0 fully saturated rings. The second-order valence-electron chi connectivity index (χ2n) is 5.84. The Morgan fingerprint density at radius 2 is 1.96 bits per heavy atom. The molecule has 7 nitrogen and oxygen atoms in total. The summed E-state index contributed by atoms with van der Waals surface area (Å²) < 4.78 is 14.5. The molecule has 2 amide bonds. The average molecular weight is 380 g/mol. The van der Waals surface area contributed by atoms with Crippen LogP contribution in [0, 0.1) is 5.82 Å². The van der Waals surface area contributed by atoms with E-state index in [1.165, 1.54) is 30.5 Å². The highest BCUT2D eigenvalue weighted by Crippen LogP contribution is 2.19. The number of aromatic nitrogens is 2.